The van der Waals surface area contributed by atoms with Crippen LogP contribution < -0.4 is 0 Å². The van der Waals surface area contributed by atoms with E-state index in [2.05, 4.69) is 4.98 Å². The highest BCUT2D eigenvalue weighted by atomic mass is 35.5. The predicted octanol–water partition coefficient (Wildman–Crippen LogP) is 5.67. The van der Waals surface area contributed by atoms with Crippen molar-refractivity contribution in [3.8, 4) is 0 Å². The Bertz CT molecular complexity index is 1390. The van der Waals surface area contributed by atoms with Crippen LogP contribution in [0.1, 0.15) is 5.69 Å². The third-order valence-electron chi connectivity index (χ3n) is 4.34. The standard InChI is InChI=1S/C20H13Cl2N3O4S2/c21-13-6-8-15(9-7-13)30-18-10-14(22)11-24-19(18)23-17(20(24)25(26)27)12-31(28,29)16-4-2-1-3-5-16/h1-11H,12H2. The molecule has 0 saturated carbocycles. The number of aromatic nitrogens is 2. The number of nitrogens with zero attached hydrogens (tertiary/aromatic N) is 3. The fourth-order valence-corrected chi connectivity index (χ4v) is 5.64. The zero-order valence-electron chi connectivity index (χ0n) is 15.6. The normalized spacial score (nSPS) is 11.7. The monoisotopic (exact) mass is 493 g/mol. The highest BCUT2D eigenvalue weighted by molar-refractivity contribution is 7.99. The second-order valence-corrected chi connectivity index (χ2v) is 10.5. The molecule has 4 aromatic rings. The molecule has 0 bridgehead atoms. The molecule has 4 rings (SSSR count). The van der Waals surface area contributed by atoms with E-state index in [9.17, 15) is 18.5 Å². The first-order chi connectivity index (χ1) is 14.7. The van der Waals surface area contributed by atoms with Gasteiger partial charge in [0.1, 0.15) is 11.9 Å². The lowest BCUT2D eigenvalue weighted by Gasteiger charge is -2.03. The topological polar surface area (TPSA) is 94.6 Å². The third kappa shape index (κ3) is 4.54. The van der Waals surface area contributed by atoms with Gasteiger partial charge in [0, 0.05) is 9.92 Å². The first-order valence-corrected chi connectivity index (χ1v) is 12.0. The molecule has 0 unspecified atom stereocenters. The molecular formula is C20H13Cl2N3O4S2. The molecular weight excluding hydrogens is 481 g/mol. The maximum atomic E-state index is 12.8. The van der Waals surface area contributed by atoms with Crippen molar-refractivity contribution < 1.29 is 13.3 Å². The summed E-state index contributed by atoms with van der Waals surface area (Å²) in [4.78, 5) is 16.9. The summed E-state index contributed by atoms with van der Waals surface area (Å²) in [5.74, 6) is -1.05. The van der Waals surface area contributed by atoms with Gasteiger partial charge in [-0.1, -0.05) is 53.2 Å². The Kier molecular flexibility index (Phi) is 5.94. The maximum Gasteiger partial charge on any atom is 0.352 e. The first kappa shape index (κ1) is 21.6. The van der Waals surface area contributed by atoms with Crippen LogP contribution in [0.5, 0.6) is 0 Å². The van der Waals surface area contributed by atoms with Crippen molar-refractivity contribution in [1.82, 2.24) is 9.38 Å². The lowest BCUT2D eigenvalue weighted by Crippen LogP contribution is -2.07. The number of hydrogen-bond acceptors (Lipinski definition) is 6. The highest BCUT2D eigenvalue weighted by Gasteiger charge is 2.29. The summed E-state index contributed by atoms with van der Waals surface area (Å²) in [6.07, 6.45) is 1.35. The van der Waals surface area contributed by atoms with Crippen LogP contribution in [0.4, 0.5) is 5.82 Å². The van der Waals surface area contributed by atoms with Crippen LogP contribution in [0.2, 0.25) is 10.0 Å². The van der Waals surface area contributed by atoms with Crippen molar-refractivity contribution in [2.24, 2.45) is 0 Å². The largest absolute Gasteiger partial charge is 0.358 e. The minimum absolute atomic E-state index is 0.0650. The Hall–Kier alpha value is -2.59. The van der Waals surface area contributed by atoms with Crippen molar-refractivity contribution in [3.05, 3.63) is 92.7 Å². The maximum absolute atomic E-state index is 12.8. The third-order valence-corrected chi connectivity index (χ3v) is 7.47. The van der Waals surface area contributed by atoms with E-state index < -0.39 is 26.3 Å². The Morgan fingerprint density at radius 1 is 1.03 bits per heavy atom. The van der Waals surface area contributed by atoms with Crippen LogP contribution in [0.25, 0.3) is 5.65 Å². The van der Waals surface area contributed by atoms with Crippen LogP contribution in [-0.2, 0) is 15.6 Å². The molecule has 11 heteroatoms. The molecule has 0 fully saturated rings. The molecule has 2 aromatic heterocycles. The van der Waals surface area contributed by atoms with Gasteiger partial charge in [0.25, 0.3) is 0 Å². The summed E-state index contributed by atoms with van der Waals surface area (Å²) in [6.45, 7) is 0. The summed E-state index contributed by atoms with van der Waals surface area (Å²) in [5, 5.41) is 12.6. The van der Waals surface area contributed by atoms with Gasteiger partial charge in [0.05, 0.1) is 14.8 Å². The Morgan fingerprint density at radius 3 is 2.35 bits per heavy atom. The summed E-state index contributed by atoms with van der Waals surface area (Å²) < 4.78 is 26.8. The van der Waals surface area contributed by atoms with Gasteiger partial charge in [-0.2, -0.15) is 4.40 Å². The lowest BCUT2D eigenvalue weighted by molar-refractivity contribution is -0.391. The molecule has 2 aromatic carbocycles. The van der Waals surface area contributed by atoms with Crippen LogP contribution in [0, 0.1) is 10.1 Å². The Balaban J connectivity index is 1.84. The Morgan fingerprint density at radius 2 is 1.71 bits per heavy atom. The molecule has 2 heterocycles. The first-order valence-electron chi connectivity index (χ1n) is 8.81. The molecule has 31 heavy (non-hydrogen) atoms. The van der Waals surface area contributed by atoms with Gasteiger partial charge in [0.2, 0.25) is 5.65 Å². The van der Waals surface area contributed by atoms with Gasteiger partial charge in [-0.15, -0.1) is 0 Å². The summed E-state index contributed by atoms with van der Waals surface area (Å²) >= 11 is 13.4. The van der Waals surface area contributed by atoms with Crippen LogP contribution in [0.15, 0.2) is 81.5 Å². The van der Waals surface area contributed by atoms with E-state index in [-0.39, 0.29) is 21.3 Å². The molecule has 0 amide bonds. The molecule has 0 spiro atoms. The molecule has 0 atom stereocenters. The summed E-state index contributed by atoms with van der Waals surface area (Å²) in [5.41, 5.74) is 0.0865. The second kappa shape index (κ2) is 8.51. The van der Waals surface area contributed by atoms with E-state index >= 15 is 0 Å². The predicted molar refractivity (Wildman–Crippen MR) is 120 cm³/mol. The van der Waals surface area contributed by atoms with Gasteiger partial charge in [-0.05, 0) is 47.4 Å². The average Bonchev–Trinajstić information content (AvgIpc) is 3.07. The molecule has 0 N–H and O–H groups in total. The zero-order chi connectivity index (χ0) is 22.2. The number of fused-ring (bicyclic) bond motifs is 1. The van der Waals surface area contributed by atoms with Crippen LogP contribution >= 0.6 is 35.0 Å². The molecule has 0 aliphatic carbocycles. The van der Waals surface area contributed by atoms with Crippen molar-refractivity contribution in [3.63, 3.8) is 0 Å². The number of nitro groups is 1. The number of imidazole rings is 1. The summed E-state index contributed by atoms with van der Waals surface area (Å²) in [6, 6.07) is 16.4. The second-order valence-electron chi connectivity index (χ2n) is 6.48. The van der Waals surface area contributed by atoms with Crippen molar-refractivity contribution in [2.75, 3.05) is 0 Å². The van der Waals surface area contributed by atoms with E-state index in [4.69, 9.17) is 23.2 Å². The summed E-state index contributed by atoms with van der Waals surface area (Å²) in [7, 11) is -3.84. The number of pyridine rings is 1. The van der Waals surface area contributed by atoms with Crippen LogP contribution in [0.3, 0.4) is 0 Å². The fourth-order valence-electron chi connectivity index (χ4n) is 3.00. The average molecular weight is 494 g/mol. The van der Waals surface area contributed by atoms with Crippen molar-refractivity contribution in [2.45, 2.75) is 20.4 Å². The van der Waals surface area contributed by atoms with E-state index in [0.717, 1.165) is 4.90 Å². The van der Waals surface area contributed by atoms with E-state index in [1.54, 1.807) is 48.5 Å². The molecule has 0 aliphatic rings. The van der Waals surface area contributed by atoms with E-state index in [1.807, 2.05) is 0 Å². The van der Waals surface area contributed by atoms with Gasteiger partial charge < -0.3 is 10.1 Å². The number of sulfone groups is 1. The van der Waals surface area contributed by atoms with Gasteiger partial charge >= 0.3 is 5.82 Å². The van der Waals surface area contributed by atoms with Crippen molar-refractivity contribution in [1.29, 1.82) is 0 Å². The van der Waals surface area contributed by atoms with Gasteiger partial charge in [-0.3, -0.25) is 0 Å². The highest BCUT2D eigenvalue weighted by Crippen LogP contribution is 2.36. The number of rotatable bonds is 6. The smallest absolute Gasteiger partial charge is 0.352 e. The SMILES string of the molecule is O=[N+]([O-])c1c(CS(=O)(=O)c2ccccc2)nc2c(Sc3ccc(Cl)cc3)cc(Cl)cn12. The quantitative estimate of drug-likeness (QED) is 0.253. The molecule has 158 valence electrons. The lowest BCUT2D eigenvalue weighted by atomic mass is 10.4. The van der Waals surface area contributed by atoms with Gasteiger partial charge in [-0.25, -0.2) is 13.4 Å². The van der Waals surface area contributed by atoms with Crippen molar-refractivity contribution >= 4 is 56.3 Å². The zero-order valence-corrected chi connectivity index (χ0v) is 18.7. The minimum atomic E-state index is -3.84. The molecule has 0 saturated heterocycles. The number of benzene rings is 2. The van der Waals surface area contributed by atoms with E-state index in [0.29, 0.717) is 9.92 Å². The Labute approximate surface area is 191 Å². The number of hydrogen-bond donors (Lipinski definition) is 0. The van der Waals surface area contributed by atoms with Crippen LogP contribution in [-0.4, -0.2) is 22.7 Å². The van der Waals surface area contributed by atoms with Gasteiger partial charge in [0.15, 0.2) is 15.5 Å². The number of halogens is 2. The molecule has 0 aliphatic heterocycles. The molecule has 7 nitrogen and oxygen atoms in total. The van der Waals surface area contributed by atoms with E-state index in [1.165, 1.54) is 34.5 Å². The molecule has 0 radical (unpaired) electrons. The minimum Gasteiger partial charge on any atom is -0.358 e. The fraction of sp³-hybridized carbons (Fsp3) is 0.0500.